The monoisotopic (exact) mass is 501 g/mol. The topological polar surface area (TPSA) is 87.7 Å². The molecule has 0 aromatic heterocycles. The lowest BCUT2D eigenvalue weighted by Gasteiger charge is -2.36. The van der Waals surface area contributed by atoms with Gasteiger partial charge in [0, 0.05) is 6.04 Å². The number of para-hydroxylation sites is 1. The van der Waals surface area contributed by atoms with Gasteiger partial charge >= 0.3 is 6.09 Å². The highest BCUT2D eigenvalue weighted by Gasteiger charge is 2.36. The molecule has 0 aliphatic heterocycles. The minimum absolute atomic E-state index is 0.352. The lowest BCUT2D eigenvalue weighted by atomic mass is 10.00. The molecule has 0 heterocycles. The molecule has 35 heavy (non-hydrogen) atoms. The quantitative estimate of drug-likeness (QED) is 0.502. The van der Waals surface area contributed by atoms with Gasteiger partial charge in [-0.05, 0) is 72.6 Å². The van der Waals surface area contributed by atoms with Gasteiger partial charge in [0.1, 0.15) is 17.7 Å². The molecule has 2 N–H and O–H groups in total. The van der Waals surface area contributed by atoms with Crippen molar-refractivity contribution in [1.82, 2.24) is 10.2 Å². The molecule has 0 saturated carbocycles. The van der Waals surface area contributed by atoms with Gasteiger partial charge in [-0.2, -0.15) is 0 Å². The van der Waals surface area contributed by atoms with Crippen LogP contribution in [-0.2, 0) is 14.3 Å². The zero-order valence-corrected chi connectivity index (χ0v) is 22.5. The van der Waals surface area contributed by atoms with E-state index in [-0.39, 0.29) is 6.04 Å². The number of rotatable bonds is 7. The molecular weight excluding hydrogens is 466 g/mol. The maximum atomic E-state index is 13.7. The summed E-state index contributed by atoms with van der Waals surface area (Å²) in [5.74, 6) is -0.820. The number of ether oxygens (including phenoxy) is 1. The molecule has 0 aliphatic carbocycles. The fourth-order valence-corrected chi connectivity index (χ4v) is 3.89. The first-order chi connectivity index (χ1) is 16.2. The fourth-order valence-electron chi connectivity index (χ4n) is 3.62. The van der Waals surface area contributed by atoms with Crippen molar-refractivity contribution < 1.29 is 19.1 Å². The molecule has 2 aromatic rings. The molecule has 8 heteroatoms. The molecule has 0 fully saturated rings. The molecular formula is C27H36ClN3O4. The van der Waals surface area contributed by atoms with Crippen LogP contribution < -0.4 is 10.6 Å². The van der Waals surface area contributed by atoms with Crippen LogP contribution in [0.25, 0.3) is 0 Å². The number of carbonyl (C=O) groups is 3. The summed E-state index contributed by atoms with van der Waals surface area (Å²) in [5.41, 5.74) is 2.26. The van der Waals surface area contributed by atoms with E-state index in [4.69, 9.17) is 16.3 Å². The van der Waals surface area contributed by atoms with Crippen molar-refractivity contribution >= 4 is 35.2 Å². The Labute approximate surface area is 213 Å². The Morgan fingerprint density at radius 3 is 2.09 bits per heavy atom. The predicted molar refractivity (Wildman–Crippen MR) is 140 cm³/mol. The fraction of sp³-hybridized carbons (Fsp3) is 0.444. The van der Waals surface area contributed by atoms with E-state index in [1.165, 1.54) is 4.90 Å². The molecule has 3 amide bonds. The molecule has 0 bridgehead atoms. The summed E-state index contributed by atoms with van der Waals surface area (Å²) < 4.78 is 5.30. The Hall–Kier alpha value is -3.06. The Morgan fingerprint density at radius 2 is 1.57 bits per heavy atom. The minimum Gasteiger partial charge on any atom is -0.444 e. The zero-order valence-electron chi connectivity index (χ0n) is 21.7. The smallest absolute Gasteiger partial charge is 0.408 e. The molecule has 2 atom stereocenters. The highest BCUT2D eigenvalue weighted by molar-refractivity contribution is 6.34. The van der Waals surface area contributed by atoms with Gasteiger partial charge in [-0.15, -0.1) is 0 Å². The van der Waals surface area contributed by atoms with E-state index < -0.39 is 35.6 Å². The number of alkyl carbamates (subject to hydrolysis) is 1. The van der Waals surface area contributed by atoms with Crippen LogP contribution in [0.1, 0.15) is 64.3 Å². The number of benzene rings is 2. The van der Waals surface area contributed by atoms with E-state index in [1.54, 1.807) is 39.8 Å². The van der Waals surface area contributed by atoms with E-state index in [1.807, 2.05) is 58.0 Å². The highest BCUT2D eigenvalue weighted by Crippen LogP contribution is 2.30. The van der Waals surface area contributed by atoms with Gasteiger partial charge < -0.3 is 20.3 Å². The number of anilines is 1. The Kier molecular flexibility index (Phi) is 9.32. The van der Waals surface area contributed by atoms with Gasteiger partial charge in [-0.3, -0.25) is 9.59 Å². The van der Waals surface area contributed by atoms with Gasteiger partial charge in [0.2, 0.25) is 5.91 Å². The van der Waals surface area contributed by atoms with Crippen molar-refractivity contribution in [2.24, 2.45) is 0 Å². The Bertz CT molecular complexity index is 1040. The number of hydrogen-bond acceptors (Lipinski definition) is 4. The van der Waals surface area contributed by atoms with Gasteiger partial charge in [0.25, 0.3) is 5.91 Å². The number of amides is 3. The molecule has 2 rings (SSSR count). The van der Waals surface area contributed by atoms with E-state index in [0.29, 0.717) is 16.3 Å². The van der Waals surface area contributed by atoms with Gasteiger partial charge in [0.15, 0.2) is 0 Å². The average Bonchev–Trinajstić information content (AvgIpc) is 2.73. The van der Waals surface area contributed by atoms with E-state index in [9.17, 15) is 14.4 Å². The molecule has 0 saturated heterocycles. The summed E-state index contributed by atoms with van der Waals surface area (Å²) in [6.45, 7) is 14.3. The number of carbonyl (C=O) groups excluding carboxylic acids is 3. The zero-order chi connectivity index (χ0) is 26.5. The lowest BCUT2D eigenvalue weighted by molar-refractivity contribution is -0.142. The average molecular weight is 502 g/mol. The standard InChI is InChI=1S/C27H36ClN3O4/c1-16(2)31(25(33)19(5)29-26(34)35-27(6,7)8)23(20-14-12-17(3)13-15-20)24(32)30-22-18(4)10-9-11-21(22)28/h9-16,19,23H,1-8H3,(H,29,34)(H,30,32). The molecule has 190 valence electrons. The molecule has 0 spiro atoms. The van der Waals surface area contributed by atoms with Crippen LogP contribution >= 0.6 is 11.6 Å². The third-order valence-electron chi connectivity index (χ3n) is 5.30. The number of nitrogens with zero attached hydrogens (tertiary/aromatic N) is 1. The summed E-state index contributed by atoms with van der Waals surface area (Å²) in [6, 6.07) is 10.6. The summed E-state index contributed by atoms with van der Waals surface area (Å²) in [5, 5.41) is 5.91. The lowest BCUT2D eigenvalue weighted by Crippen LogP contribution is -2.53. The second-order valence-corrected chi connectivity index (χ2v) is 10.3. The van der Waals surface area contributed by atoms with Crippen LogP contribution in [0.15, 0.2) is 42.5 Å². The van der Waals surface area contributed by atoms with Crippen LogP contribution in [0.3, 0.4) is 0 Å². The SMILES string of the molecule is Cc1ccc(C(C(=O)Nc2c(C)cccc2Cl)N(C(=O)C(C)NC(=O)OC(C)(C)C)C(C)C)cc1. The van der Waals surface area contributed by atoms with Crippen molar-refractivity contribution in [3.8, 4) is 0 Å². The largest absolute Gasteiger partial charge is 0.444 e. The highest BCUT2D eigenvalue weighted by atomic mass is 35.5. The molecule has 0 radical (unpaired) electrons. The van der Waals surface area contributed by atoms with Crippen LogP contribution in [0.2, 0.25) is 5.02 Å². The molecule has 2 unspecified atom stereocenters. The first-order valence-corrected chi connectivity index (χ1v) is 12.0. The predicted octanol–water partition coefficient (Wildman–Crippen LogP) is 5.79. The van der Waals surface area contributed by atoms with Crippen LogP contribution in [0, 0.1) is 13.8 Å². The van der Waals surface area contributed by atoms with Crippen molar-refractivity contribution in [2.75, 3.05) is 5.32 Å². The first kappa shape index (κ1) is 28.2. The first-order valence-electron chi connectivity index (χ1n) is 11.7. The normalized spacial score (nSPS) is 13.1. The van der Waals surface area contributed by atoms with E-state index >= 15 is 0 Å². The number of aryl methyl sites for hydroxylation is 2. The van der Waals surface area contributed by atoms with Gasteiger partial charge in [0.05, 0.1) is 10.7 Å². The second-order valence-electron chi connectivity index (χ2n) is 9.94. The maximum Gasteiger partial charge on any atom is 0.408 e. The molecule has 2 aromatic carbocycles. The van der Waals surface area contributed by atoms with Gasteiger partial charge in [-0.1, -0.05) is 53.6 Å². The molecule has 7 nitrogen and oxygen atoms in total. The maximum absolute atomic E-state index is 13.7. The van der Waals surface area contributed by atoms with Crippen LogP contribution in [0.5, 0.6) is 0 Å². The van der Waals surface area contributed by atoms with Gasteiger partial charge in [-0.25, -0.2) is 4.79 Å². The van der Waals surface area contributed by atoms with Crippen molar-refractivity contribution in [3.63, 3.8) is 0 Å². The van der Waals surface area contributed by atoms with Crippen molar-refractivity contribution in [1.29, 1.82) is 0 Å². The van der Waals surface area contributed by atoms with Crippen molar-refractivity contribution in [3.05, 3.63) is 64.2 Å². The van der Waals surface area contributed by atoms with Crippen molar-refractivity contribution in [2.45, 2.75) is 79.1 Å². The third kappa shape index (κ3) is 7.72. The van der Waals surface area contributed by atoms with Crippen LogP contribution in [0.4, 0.5) is 10.5 Å². The Morgan fingerprint density at radius 1 is 0.971 bits per heavy atom. The summed E-state index contributed by atoms with van der Waals surface area (Å²) in [6.07, 6.45) is -0.704. The number of halogens is 1. The summed E-state index contributed by atoms with van der Waals surface area (Å²) in [4.78, 5) is 41.1. The Balaban J connectivity index is 2.44. The second kappa shape index (κ2) is 11.6. The number of nitrogens with one attached hydrogen (secondary N) is 2. The van der Waals surface area contributed by atoms with E-state index in [2.05, 4.69) is 10.6 Å². The third-order valence-corrected chi connectivity index (χ3v) is 5.62. The van der Waals surface area contributed by atoms with E-state index in [0.717, 1.165) is 11.1 Å². The minimum atomic E-state index is -0.957. The number of hydrogen-bond donors (Lipinski definition) is 2. The molecule has 0 aliphatic rings. The van der Waals surface area contributed by atoms with Crippen LogP contribution in [-0.4, -0.2) is 40.5 Å². The summed E-state index contributed by atoms with van der Waals surface area (Å²) in [7, 11) is 0. The summed E-state index contributed by atoms with van der Waals surface area (Å²) >= 11 is 6.35.